The van der Waals surface area contributed by atoms with E-state index < -0.39 is 0 Å². The second kappa shape index (κ2) is 7.31. The van der Waals surface area contributed by atoms with Crippen molar-refractivity contribution in [3.63, 3.8) is 0 Å². The number of aromatic nitrogens is 2. The van der Waals surface area contributed by atoms with Crippen LogP contribution in [0.15, 0.2) is 43.0 Å². The van der Waals surface area contributed by atoms with Crippen molar-refractivity contribution >= 4 is 22.6 Å². The molecule has 1 fully saturated rings. The first-order chi connectivity index (χ1) is 14.6. The van der Waals surface area contributed by atoms with Crippen molar-refractivity contribution in [2.75, 3.05) is 11.4 Å². The molecule has 0 atom stereocenters. The predicted octanol–water partition coefficient (Wildman–Crippen LogP) is 4.29. The number of nitrogens with one attached hydrogen (secondary N) is 1. The fourth-order valence-corrected chi connectivity index (χ4v) is 4.50. The molecule has 3 aromatic rings. The topological polar surface area (TPSA) is 50.2 Å². The predicted molar refractivity (Wildman–Crippen MR) is 121 cm³/mol. The van der Waals surface area contributed by atoms with Crippen LogP contribution >= 0.6 is 0 Å². The number of aryl methyl sites for hydroxylation is 1. The zero-order valence-corrected chi connectivity index (χ0v) is 17.7. The average molecular weight is 401 g/mol. The van der Waals surface area contributed by atoms with Crippen LogP contribution in [0.25, 0.3) is 10.9 Å². The maximum absolute atomic E-state index is 12.9. The van der Waals surface area contributed by atoms with Gasteiger partial charge in [-0.25, -0.2) is 4.98 Å². The maximum atomic E-state index is 12.9. The van der Waals surface area contributed by atoms with Crippen molar-refractivity contribution < 1.29 is 4.79 Å². The third-order valence-electron chi connectivity index (χ3n) is 6.48. The summed E-state index contributed by atoms with van der Waals surface area (Å²) in [6.07, 6.45) is 5.04. The van der Waals surface area contributed by atoms with Crippen LogP contribution in [-0.2, 0) is 19.5 Å². The molecule has 0 saturated heterocycles. The van der Waals surface area contributed by atoms with Gasteiger partial charge in [-0.05, 0) is 55.9 Å². The van der Waals surface area contributed by atoms with Gasteiger partial charge in [-0.2, -0.15) is 0 Å². The molecule has 5 rings (SSSR count). The summed E-state index contributed by atoms with van der Waals surface area (Å²) in [5, 5.41) is 4.21. The molecule has 1 amide bonds. The van der Waals surface area contributed by atoms with Gasteiger partial charge in [-0.3, -0.25) is 4.79 Å². The van der Waals surface area contributed by atoms with Crippen molar-refractivity contribution in [2.24, 2.45) is 0 Å². The highest BCUT2D eigenvalue weighted by Gasteiger charge is 2.28. The van der Waals surface area contributed by atoms with E-state index in [2.05, 4.69) is 59.5 Å². The Labute approximate surface area is 177 Å². The molecule has 1 N–H and O–H groups in total. The summed E-state index contributed by atoms with van der Waals surface area (Å²) < 4.78 is 2.28. The molecule has 1 aliphatic carbocycles. The highest BCUT2D eigenvalue weighted by Crippen LogP contribution is 2.35. The Morgan fingerprint density at radius 1 is 1.27 bits per heavy atom. The Hall–Kier alpha value is -3.08. The maximum Gasteiger partial charge on any atom is 0.270 e. The molecule has 1 aromatic carbocycles. The number of benzene rings is 1. The summed E-state index contributed by atoms with van der Waals surface area (Å²) in [5.74, 6) is 0.840. The SMILES string of the molecule is C=CCn1c(C)c(C)c2cc(C(=O)NC3CC3)nc(N3CCc4ccccc4C3)c21. The Kier molecular flexibility index (Phi) is 4.61. The smallest absolute Gasteiger partial charge is 0.270 e. The van der Waals surface area contributed by atoms with Crippen LogP contribution in [0.5, 0.6) is 0 Å². The van der Waals surface area contributed by atoms with Crippen LogP contribution in [0.2, 0.25) is 0 Å². The van der Waals surface area contributed by atoms with Crippen molar-refractivity contribution in [3.8, 4) is 0 Å². The van der Waals surface area contributed by atoms with Crippen molar-refractivity contribution in [1.29, 1.82) is 0 Å². The number of pyridine rings is 1. The number of hydrogen-bond donors (Lipinski definition) is 1. The van der Waals surface area contributed by atoms with Gasteiger partial charge in [-0.1, -0.05) is 30.3 Å². The quantitative estimate of drug-likeness (QED) is 0.650. The van der Waals surface area contributed by atoms with Crippen LogP contribution in [-0.4, -0.2) is 28.0 Å². The van der Waals surface area contributed by atoms with Crippen LogP contribution in [0.3, 0.4) is 0 Å². The number of anilines is 1. The van der Waals surface area contributed by atoms with E-state index >= 15 is 0 Å². The summed E-state index contributed by atoms with van der Waals surface area (Å²) in [7, 11) is 0. The van der Waals surface area contributed by atoms with E-state index in [0.717, 1.165) is 55.6 Å². The third kappa shape index (κ3) is 3.18. The molecule has 5 nitrogen and oxygen atoms in total. The molecule has 5 heteroatoms. The molecule has 1 saturated carbocycles. The van der Waals surface area contributed by atoms with Crippen molar-refractivity contribution in [1.82, 2.24) is 14.9 Å². The standard InChI is InChI=1S/C25H28N4O/c1-4-12-29-17(3)16(2)21-14-22(25(30)26-20-9-10-20)27-24(23(21)29)28-13-11-18-7-5-6-8-19(18)15-28/h4-8,14,20H,1,9-13,15H2,2-3H3,(H,26,30). The van der Waals surface area contributed by atoms with Gasteiger partial charge in [-0.15, -0.1) is 6.58 Å². The van der Waals surface area contributed by atoms with Gasteiger partial charge in [0.15, 0.2) is 5.82 Å². The number of fused-ring (bicyclic) bond motifs is 2. The van der Waals surface area contributed by atoms with Crippen LogP contribution < -0.4 is 10.2 Å². The van der Waals surface area contributed by atoms with Gasteiger partial charge in [0.25, 0.3) is 5.91 Å². The number of carbonyl (C=O) groups is 1. The summed E-state index contributed by atoms with van der Waals surface area (Å²) in [4.78, 5) is 20.2. The number of allylic oxidation sites excluding steroid dienone is 1. The lowest BCUT2D eigenvalue weighted by Gasteiger charge is -2.31. The van der Waals surface area contributed by atoms with Gasteiger partial charge in [0, 0.05) is 36.8 Å². The van der Waals surface area contributed by atoms with Gasteiger partial charge in [0.1, 0.15) is 5.69 Å². The van der Waals surface area contributed by atoms with Crippen LogP contribution in [0.4, 0.5) is 5.82 Å². The molecular formula is C25H28N4O. The van der Waals surface area contributed by atoms with Crippen LogP contribution in [0.1, 0.15) is 45.7 Å². The van der Waals surface area contributed by atoms with E-state index in [4.69, 9.17) is 4.98 Å². The number of nitrogens with zero attached hydrogens (tertiary/aromatic N) is 3. The Morgan fingerprint density at radius 2 is 2.03 bits per heavy atom. The lowest BCUT2D eigenvalue weighted by molar-refractivity contribution is 0.0946. The summed E-state index contributed by atoms with van der Waals surface area (Å²) in [5.41, 5.74) is 6.76. The minimum atomic E-state index is -0.0633. The third-order valence-corrected chi connectivity index (χ3v) is 6.48. The lowest BCUT2D eigenvalue weighted by atomic mass is 10.00. The minimum absolute atomic E-state index is 0.0633. The van der Waals surface area contributed by atoms with Gasteiger partial charge >= 0.3 is 0 Å². The Balaban J connectivity index is 1.66. The molecule has 2 aliphatic rings. The number of amides is 1. The number of rotatable bonds is 5. The Bertz CT molecular complexity index is 1160. The summed E-state index contributed by atoms with van der Waals surface area (Å²) in [6.45, 7) is 10.6. The molecule has 3 heterocycles. The number of carbonyl (C=O) groups excluding carboxylic acids is 1. The summed E-state index contributed by atoms with van der Waals surface area (Å²) >= 11 is 0. The van der Waals surface area contributed by atoms with E-state index in [-0.39, 0.29) is 5.91 Å². The average Bonchev–Trinajstić information content (AvgIpc) is 3.55. The molecule has 30 heavy (non-hydrogen) atoms. The fourth-order valence-electron chi connectivity index (χ4n) is 4.50. The van der Waals surface area contributed by atoms with E-state index in [0.29, 0.717) is 11.7 Å². The first kappa shape index (κ1) is 18.9. The second-order valence-corrected chi connectivity index (χ2v) is 8.52. The van der Waals surface area contributed by atoms with E-state index in [1.165, 1.54) is 22.4 Å². The zero-order valence-electron chi connectivity index (χ0n) is 17.7. The molecule has 0 unspecified atom stereocenters. The summed E-state index contributed by atoms with van der Waals surface area (Å²) in [6, 6.07) is 10.9. The van der Waals surface area contributed by atoms with Crippen LogP contribution in [0, 0.1) is 13.8 Å². The fraction of sp³-hybridized carbons (Fsp3) is 0.360. The van der Waals surface area contributed by atoms with Gasteiger partial charge < -0.3 is 14.8 Å². The molecule has 154 valence electrons. The normalized spacial score (nSPS) is 15.9. The zero-order chi connectivity index (χ0) is 20.8. The molecule has 0 bridgehead atoms. The van der Waals surface area contributed by atoms with Crippen molar-refractivity contribution in [3.05, 3.63) is 71.1 Å². The second-order valence-electron chi connectivity index (χ2n) is 8.52. The Morgan fingerprint density at radius 3 is 2.77 bits per heavy atom. The van der Waals surface area contributed by atoms with E-state index in [1.807, 2.05) is 12.1 Å². The van der Waals surface area contributed by atoms with Gasteiger partial charge in [0.05, 0.1) is 5.52 Å². The molecule has 2 aromatic heterocycles. The van der Waals surface area contributed by atoms with Crippen molar-refractivity contribution in [2.45, 2.75) is 52.2 Å². The molecule has 1 aliphatic heterocycles. The molecule has 0 radical (unpaired) electrons. The minimum Gasteiger partial charge on any atom is -0.350 e. The van der Waals surface area contributed by atoms with E-state index in [1.54, 1.807) is 0 Å². The lowest BCUT2D eigenvalue weighted by Crippen LogP contribution is -2.32. The molecular weight excluding hydrogens is 372 g/mol. The number of hydrogen-bond acceptors (Lipinski definition) is 3. The molecule has 0 spiro atoms. The highest BCUT2D eigenvalue weighted by atomic mass is 16.2. The first-order valence-corrected chi connectivity index (χ1v) is 10.8. The highest BCUT2D eigenvalue weighted by molar-refractivity contribution is 6.01. The van der Waals surface area contributed by atoms with Gasteiger partial charge in [0.2, 0.25) is 0 Å². The largest absolute Gasteiger partial charge is 0.350 e. The monoisotopic (exact) mass is 400 g/mol. The van der Waals surface area contributed by atoms with E-state index in [9.17, 15) is 4.79 Å². The first-order valence-electron chi connectivity index (χ1n) is 10.8.